The number of aryl methyl sites for hydroxylation is 1. The smallest absolute Gasteiger partial charge is 0.340 e. The van der Waals surface area contributed by atoms with E-state index in [9.17, 15) is 9.59 Å². The highest BCUT2D eigenvalue weighted by molar-refractivity contribution is 9.10. The van der Waals surface area contributed by atoms with Crippen molar-refractivity contribution in [3.05, 3.63) is 58.2 Å². The number of unbranched alkanes of at least 4 members (excludes halogenated alkanes) is 1. The van der Waals surface area contributed by atoms with Gasteiger partial charge in [0.25, 0.3) is 5.91 Å². The molecule has 34 heavy (non-hydrogen) atoms. The predicted molar refractivity (Wildman–Crippen MR) is 137 cm³/mol. The van der Waals surface area contributed by atoms with Gasteiger partial charge in [-0.05, 0) is 53.5 Å². The van der Waals surface area contributed by atoms with Crippen LogP contribution in [0, 0.1) is 0 Å². The number of hydrogen-bond acceptors (Lipinski definition) is 6. The molecule has 0 saturated heterocycles. The van der Waals surface area contributed by atoms with E-state index in [0.717, 1.165) is 41.7 Å². The summed E-state index contributed by atoms with van der Waals surface area (Å²) in [5.74, 6) is 4.77. The minimum Gasteiger partial charge on any atom is -0.483 e. The van der Waals surface area contributed by atoms with Gasteiger partial charge < -0.3 is 18.9 Å². The topological polar surface area (TPSA) is 98.8 Å². The van der Waals surface area contributed by atoms with Gasteiger partial charge in [-0.25, -0.2) is 10.6 Å². The van der Waals surface area contributed by atoms with Gasteiger partial charge in [0.1, 0.15) is 5.75 Å². The maximum Gasteiger partial charge on any atom is 0.340 e. The van der Waals surface area contributed by atoms with Crippen molar-refractivity contribution < 1.29 is 19.1 Å². The SMILES string of the molecule is CCCCn1c(CN(C)c2ccccc2)c(C(=O)OCC)c2cc(OCC(=O)NN)c(Br)cc21. The first-order chi connectivity index (χ1) is 16.4. The van der Waals surface area contributed by atoms with E-state index in [2.05, 4.69) is 32.3 Å². The fourth-order valence-electron chi connectivity index (χ4n) is 3.86. The molecule has 1 aromatic heterocycles. The number of nitrogens with zero attached hydrogens (tertiary/aromatic N) is 2. The number of hydrazine groups is 1. The number of halogens is 1. The average molecular weight is 531 g/mol. The summed E-state index contributed by atoms with van der Waals surface area (Å²) >= 11 is 3.55. The molecule has 1 heterocycles. The highest BCUT2D eigenvalue weighted by Gasteiger charge is 2.26. The molecule has 0 fully saturated rings. The van der Waals surface area contributed by atoms with E-state index < -0.39 is 5.91 Å². The van der Waals surface area contributed by atoms with Crippen LogP contribution in [-0.2, 0) is 22.6 Å². The van der Waals surface area contributed by atoms with Gasteiger partial charge in [0.05, 0.1) is 34.4 Å². The third-order valence-electron chi connectivity index (χ3n) is 5.54. The van der Waals surface area contributed by atoms with Crippen molar-refractivity contribution in [3.8, 4) is 5.75 Å². The molecule has 0 bridgehead atoms. The molecular weight excluding hydrogens is 500 g/mol. The number of amides is 1. The number of fused-ring (bicyclic) bond motifs is 1. The van der Waals surface area contributed by atoms with Crippen molar-refractivity contribution in [2.45, 2.75) is 39.8 Å². The average Bonchev–Trinajstić information content (AvgIpc) is 3.13. The molecule has 0 aliphatic carbocycles. The minimum absolute atomic E-state index is 0.241. The third kappa shape index (κ3) is 5.71. The Kier molecular flexibility index (Phi) is 8.95. The van der Waals surface area contributed by atoms with Crippen LogP contribution in [0.4, 0.5) is 5.69 Å². The van der Waals surface area contributed by atoms with Crippen molar-refractivity contribution in [2.24, 2.45) is 5.84 Å². The van der Waals surface area contributed by atoms with Gasteiger partial charge in [-0.1, -0.05) is 31.5 Å². The van der Waals surface area contributed by atoms with Gasteiger partial charge in [0.15, 0.2) is 6.61 Å². The summed E-state index contributed by atoms with van der Waals surface area (Å²) in [5, 5.41) is 0.720. The first-order valence-electron chi connectivity index (χ1n) is 11.3. The molecule has 0 unspecified atom stereocenters. The number of hydrogen-bond donors (Lipinski definition) is 2. The summed E-state index contributed by atoms with van der Waals surface area (Å²) in [6, 6.07) is 13.7. The lowest BCUT2D eigenvalue weighted by molar-refractivity contribution is -0.123. The second-order valence-electron chi connectivity index (χ2n) is 7.89. The number of nitrogens with two attached hydrogens (primary N) is 1. The summed E-state index contributed by atoms with van der Waals surface area (Å²) in [5.41, 5.74) is 5.37. The van der Waals surface area contributed by atoms with E-state index in [-0.39, 0.29) is 19.2 Å². The van der Waals surface area contributed by atoms with Gasteiger partial charge >= 0.3 is 5.97 Å². The zero-order valence-electron chi connectivity index (χ0n) is 19.8. The van der Waals surface area contributed by atoms with E-state index in [4.69, 9.17) is 15.3 Å². The Morgan fingerprint density at radius 2 is 1.91 bits per heavy atom. The first-order valence-corrected chi connectivity index (χ1v) is 12.1. The van der Waals surface area contributed by atoms with Crippen molar-refractivity contribution >= 4 is 44.4 Å². The third-order valence-corrected chi connectivity index (χ3v) is 6.16. The Morgan fingerprint density at radius 3 is 2.56 bits per heavy atom. The van der Waals surface area contributed by atoms with Crippen LogP contribution in [0.2, 0.25) is 0 Å². The standard InChI is InChI=1S/C25H31BrN4O4/c1-4-6-12-30-20-14-19(26)22(34-16-23(31)28-27)13-18(20)24(25(32)33-5-2)21(30)15-29(3)17-10-8-7-9-11-17/h7-11,13-14H,4-6,12,15-16,27H2,1-3H3,(H,28,31). The number of rotatable bonds is 11. The number of aromatic nitrogens is 1. The number of anilines is 1. The lowest BCUT2D eigenvalue weighted by Crippen LogP contribution is -2.34. The normalized spacial score (nSPS) is 10.9. The molecule has 182 valence electrons. The van der Waals surface area contributed by atoms with Crippen LogP contribution >= 0.6 is 15.9 Å². The zero-order chi connectivity index (χ0) is 24.7. The molecular formula is C25H31BrN4O4. The molecule has 9 heteroatoms. The van der Waals surface area contributed by atoms with Crippen molar-refractivity contribution in [1.82, 2.24) is 9.99 Å². The number of esters is 1. The molecule has 0 atom stereocenters. The Morgan fingerprint density at radius 1 is 1.18 bits per heavy atom. The van der Waals surface area contributed by atoms with Gasteiger partial charge in [0, 0.05) is 24.7 Å². The molecule has 1 amide bonds. The van der Waals surface area contributed by atoms with Gasteiger partial charge in [-0.3, -0.25) is 10.2 Å². The molecule has 2 aromatic carbocycles. The van der Waals surface area contributed by atoms with Crippen LogP contribution in [-0.4, -0.2) is 36.7 Å². The second-order valence-corrected chi connectivity index (χ2v) is 8.75. The fourth-order valence-corrected chi connectivity index (χ4v) is 4.31. The highest BCUT2D eigenvalue weighted by Crippen LogP contribution is 2.37. The number of para-hydroxylation sites is 1. The van der Waals surface area contributed by atoms with E-state index in [1.807, 2.05) is 48.9 Å². The number of nitrogens with one attached hydrogen (secondary N) is 1. The Hall–Kier alpha value is -3.04. The fraction of sp³-hybridized carbons (Fsp3) is 0.360. The number of carbonyl (C=O) groups is 2. The van der Waals surface area contributed by atoms with Crippen molar-refractivity contribution in [2.75, 3.05) is 25.2 Å². The van der Waals surface area contributed by atoms with Gasteiger partial charge in [-0.15, -0.1) is 0 Å². The Bertz CT molecular complexity index is 1150. The number of carbonyl (C=O) groups excluding carboxylic acids is 2. The molecule has 0 saturated carbocycles. The summed E-state index contributed by atoms with van der Waals surface area (Å²) in [7, 11) is 2.00. The molecule has 8 nitrogen and oxygen atoms in total. The zero-order valence-corrected chi connectivity index (χ0v) is 21.4. The predicted octanol–water partition coefficient (Wildman–Crippen LogP) is 4.39. The van der Waals surface area contributed by atoms with E-state index >= 15 is 0 Å². The maximum absolute atomic E-state index is 13.2. The van der Waals surface area contributed by atoms with Crippen molar-refractivity contribution in [3.63, 3.8) is 0 Å². The lowest BCUT2D eigenvalue weighted by Gasteiger charge is -2.22. The number of ether oxygens (including phenoxy) is 2. The maximum atomic E-state index is 13.2. The summed E-state index contributed by atoms with van der Waals surface area (Å²) in [6.07, 6.45) is 1.97. The largest absolute Gasteiger partial charge is 0.483 e. The monoisotopic (exact) mass is 530 g/mol. The molecule has 0 aliphatic heterocycles. The number of benzene rings is 2. The van der Waals surface area contributed by atoms with E-state index in [0.29, 0.717) is 22.3 Å². The van der Waals surface area contributed by atoms with E-state index in [1.54, 1.807) is 13.0 Å². The van der Waals surface area contributed by atoms with E-state index in [1.165, 1.54) is 0 Å². The van der Waals surface area contributed by atoms with Crippen LogP contribution < -0.4 is 20.9 Å². The molecule has 3 rings (SSSR count). The summed E-state index contributed by atoms with van der Waals surface area (Å²) < 4.78 is 14.0. The second kappa shape index (κ2) is 11.9. The molecule has 3 aromatic rings. The van der Waals surface area contributed by atoms with Gasteiger partial charge in [0.2, 0.25) is 0 Å². The molecule has 0 radical (unpaired) electrons. The molecule has 0 spiro atoms. The van der Waals surface area contributed by atoms with Crippen LogP contribution in [0.1, 0.15) is 42.7 Å². The first kappa shape index (κ1) is 25.6. The summed E-state index contributed by atoms with van der Waals surface area (Å²) in [6.45, 7) is 5.23. The van der Waals surface area contributed by atoms with Crippen LogP contribution in [0.15, 0.2) is 46.9 Å². The highest BCUT2D eigenvalue weighted by atomic mass is 79.9. The van der Waals surface area contributed by atoms with Crippen LogP contribution in [0.5, 0.6) is 5.75 Å². The Balaban J connectivity index is 2.17. The minimum atomic E-state index is -0.455. The quantitative estimate of drug-likeness (QED) is 0.165. The summed E-state index contributed by atoms with van der Waals surface area (Å²) in [4.78, 5) is 26.9. The molecule has 0 aliphatic rings. The van der Waals surface area contributed by atoms with Crippen molar-refractivity contribution in [1.29, 1.82) is 0 Å². The molecule has 3 N–H and O–H groups in total. The lowest BCUT2D eigenvalue weighted by atomic mass is 10.1. The van der Waals surface area contributed by atoms with Crippen LogP contribution in [0.3, 0.4) is 0 Å². The Labute approximate surface area is 208 Å². The van der Waals surface area contributed by atoms with Gasteiger partial charge in [-0.2, -0.15) is 0 Å². The van der Waals surface area contributed by atoms with Crippen LogP contribution in [0.25, 0.3) is 10.9 Å².